The van der Waals surface area contributed by atoms with Gasteiger partial charge in [0, 0.05) is 57.4 Å². The lowest BCUT2D eigenvalue weighted by atomic mass is 9.97. The molecule has 2 aromatic heterocycles. The summed E-state index contributed by atoms with van der Waals surface area (Å²) in [5.74, 6) is 0. The first-order valence-electron chi connectivity index (χ1n) is 20.1. The summed E-state index contributed by atoms with van der Waals surface area (Å²) in [6, 6.07) is 78.1. The van der Waals surface area contributed by atoms with Crippen molar-refractivity contribution in [1.82, 2.24) is 0 Å². The predicted molar refractivity (Wildman–Crippen MR) is 258 cm³/mol. The predicted octanol–water partition coefficient (Wildman–Crippen LogP) is 17.2. The monoisotopic (exact) mass is 785 g/mol. The van der Waals surface area contributed by atoms with Crippen LogP contribution >= 0.6 is 22.7 Å². The van der Waals surface area contributed by atoms with Gasteiger partial charge in [0.25, 0.3) is 0 Å². The van der Waals surface area contributed by atoms with E-state index in [1.165, 1.54) is 95.3 Å². The van der Waals surface area contributed by atoms with E-state index in [1.54, 1.807) is 0 Å². The Hall–Kier alpha value is -7.04. The lowest BCUT2D eigenvalue weighted by Gasteiger charge is -2.26. The first-order chi connectivity index (χ1) is 29.2. The van der Waals surface area contributed by atoms with Gasteiger partial charge in [0.2, 0.25) is 0 Å². The molecule has 0 radical (unpaired) electrons. The Morgan fingerprint density at radius 1 is 0.271 bits per heavy atom. The molecule has 1 nitrogen and oxygen atoms in total. The maximum atomic E-state index is 2.40. The van der Waals surface area contributed by atoms with Crippen molar-refractivity contribution < 1.29 is 0 Å². The van der Waals surface area contributed by atoms with Crippen molar-refractivity contribution in [3.63, 3.8) is 0 Å². The fourth-order valence-corrected chi connectivity index (χ4v) is 11.3. The van der Waals surface area contributed by atoms with Gasteiger partial charge < -0.3 is 4.90 Å². The Balaban J connectivity index is 0.961. The molecule has 0 atom stereocenters. The minimum atomic E-state index is 1.12. The van der Waals surface area contributed by atoms with Crippen molar-refractivity contribution in [2.24, 2.45) is 0 Å². The molecule has 0 amide bonds. The van der Waals surface area contributed by atoms with Crippen LogP contribution in [0.3, 0.4) is 0 Å². The number of nitrogens with zero attached hydrogens (tertiary/aromatic N) is 1. The summed E-state index contributed by atoms with van der Waals surface area (Å²) >= 11 is 3.77. The molecule has 0 saturated heterocycles. The van der Waals surface area contributed by atoms with Crippen LogP contribution in [0.1, 0.15) is 0 Å². The van der Waals surface area contributed by atoms with E-state index in [0.717, 1.165) is 17.1 Å². The summed E-state index contributed by atoms with van der Waals surface area (Å²) in [6.45, 7) is 0. The molecular formula is C56H35NS2. The van der Waals surface area contributed by atoms with Crippen LogP contribution in [0, 0.1) is 0 Å². The lowest BCUT2D eigenvalue weighted by molar-refractivity contribution is 1.29. The largest absolute Gasteiger partial charge is 0.310 e. The van der Waals surface area contributed by atoms with Gasteiger partial charge in [0.05, 0.1) is 0 Å². The molecule has 0 aliphatic carbocycles. The SMILES string of the molecule is c1ccc(-c2ccc(N(c3ccc(-c4ccc5ccc6ccccc6c5c4)cc3)c3ccc4c(c3)sc3c(-c5ccc6c(c5)sc5ccccc56)cccc34)cc2)cc1. The van der Waals surface area contributed by atoms with Crippen LogP contribution in [0.5, 0.6) is 0 Å². The zero-order valence-electron chi connectivity index (χ0n) is 32.0. The van der Waals surface area contributed by atoms with Crippen LogP contribution in [0.25, 0.3) is 95.3 Å². The molecule has 2 heterocycles. The fraction of sp³-hybridized carbons (Fsp3) is 0. The average molecular weight is 786 g/mol. The second-order valence-electron chi connectivity index (χ2n) is 15.3. The molecule has 276 valence electrons. The number of hydrogen-bond donors (Lipinski definition) is 0. The van der Waals surface area contributed by atoms with Crippen LogP contribution in [0.15, 0.2) is 212 Å². The van der Waals surface area contributed by atoms with E-state index in [0.29, 0.717) is 0 Å². The topological polar surface area (TPSA) is 3.24 Å². The Morgan fingerprint density at radius 3 is 1.63 bits per heavy atom. The van der Waals surface area contributed by atoms with E-state index in [-0.39, 0.29) is 0 Å². The third kappa shape index (κ3) is 5.81. The van der Waals surface area contributed by atoms with Crippen molar-refractivity contribution in [2.45, 2.75) is 0 Å². The van der Waals surface area contributed by atoms with E-state index in [2.05, 4.69) is 217 Å². The van der Waals surface area contributed by atoms with Crippen molar-refractivity contribution >= 4 is 102 Å². The molecule has 0 unspecified atom stereocenters. The van der Waals surface area contributed by atoms with Crippen LogP contribution in [0.4, 0.5) is 17.1 Å². The van der Waals surface area contributed by atoms with Gasteiger partial charge in [-0.3, -0.25) is 0 Å². The number of rotatable bonds is 6. The van der Waals surface area contributed by atoms with E-state index in [9.17, 15) is 0 Å². The number of hydrogen-bond acceptors (Lipinski definition) is 3. The highest BCUT2D eigenvalue weighted by atomic mass is 32.1. The van der Waals surface area contributed by atoms with Crippen molar-refractivity contribution in [1.29, 1.82) is 0 Å². The standard InChI is InChI=1S/C56H35NS2/c1-2-9-36(10-3-1)37-21-26-43(27-22-37)57(44-28-23-38(24-29-44)41-20-19-40-18-17-39-11-4-5-12-46(39)52(40)33-41)45-30-32-50-51-15-8-14-47(56(51)59-55(50)35-45)42-25-31-49-48-13-6-7-16-53(48)58-54(49)34-42/h1-35H. The summed E-state index contributed by atoms with van der Waals surface area (Å²) in [7, 11) is 0. The summed E-state index contributed by atoms with van der Waals surface area (Å²) in [4.78, 5) is 2.40. The average Bonchev–Trinajstić information content (AvgIpc) is 3.87. The third-order valence-electron chi connectivity index (χ3n) is 11.9. The molecule has 12 aromatic rings. The molecule has 3 heteroatoms. The molecule has 0 N–H and O–H groups in total. The second-order valence-corrected chi connectivity index (χ2v) is 17.4. The molecule has 0 saturated carbocycles. The summed E-state index contributed by atoms with van der Waals surface area (Å²) in [5, 5.41) is 10.4. The number of thiophene rings is 2. The Morgan fingerprint density at radius 2 is 0.814 bits per heavy atom. The van der Waals surface area contributed by atoms with Gasteiger partial charge in [0.15, 0.2) is 0 Å². The van der Waals surface area contributed by atoms with Crippen molar-refractivity contribution in [2.75, 3.05) is 4.90 Å². The van der Waals surface area contributed by atoms with Gasteiger partial charge in [-0.25, -0.2) is 0 Å². The van der Waals surface area contributed by atoms with Crippen LogP contribution < -0.4 is 4.90 Å². The first-order valence-corrected chi connectivity index (χ1v) is 21.7. The minimum Gasteiger partial charge on any atom is -0.310 e. The van der Waals surface area contributed by atoms with Crippen LogP contribution in [0.2, 0.25) is 0 Å². The maximum absolute atomic E-state index is 2.40. The molecule has 0 aliphatic heterocycles. The molecule has 0 spiro atoms. The lowest BCUT2D eigenvalue weighted by Crippen LogP contribution is -2.09. The molecule has 0 fully saturated rings. The van der Waals surface area contributed by atoms with E-state index in [4.69, 9.17) is 0 Å². The van der Waals surface area contributed by atoms with Crippen LogP contribution in [-0.4, -0.2) is 0 Å². The first kappa shape index (κ1) is 34.0. The Kier molecular flexibility index (Phi) is 7.97. The van der Waals surface area contributed by atoms with Gasteiger partial charge in [-0.15, -0.1) is 22.7 Å². The van der Waals surface area contributed by atoms with Gasteiger partial charge in [-0.05, 0) is 110 Å². The summed E-state index contributed by atoms with van der Waals surface area (Å²) < 4.78 is 5.27. The number of benzene rings is 10. The zero-order chi connectivity index (χ0) is 38.9. The smallest absolute Gasteiger partial charge is 0.0476 e. The highest BCUT2D eigenvalue weighted by Crippen LogP contribution is 2.45. The molecule has 12 rings (SSSR count). The van der Waals surface area contributed by atoms with E-state index < -0.39 is 0 Å². The molecule has 0 bridgehead atoms. The highest BCUT2D eigenvalue weighted by molar-refractivity contribution is 7.26. The Labute approximate surface area is 350 Å². The van der Waals surface area contributed by atoms with E-state index in [1.807, 2.05) is 22.7 Å². The Bertz CT molecular complexity index is 3540. The maximum Gasteiger partial charge on any atom is 0.0476 e. The fourth-order valence-electron chi connectivity index (χ4n) is 8.91. The molecule has 0 aliphatic rings. The van der Waals surface area contributed by atoms with Gasteiger partial charge >= 0.3 is 0 Å². The molecule has 10 aromatic carbocycles. The van der Waals surface area contributed by atoms with Crippen molar-refractivity contribution in [3.8, 4) is 33.4 Å². The van der Waals surface area contributed by atoms with E-state index >= 15 is 0 Å². The van der Waals surface area contributed by atoms with Gasteiger partial charge in [-0.2, -0.15) is 0 Å². The zero-order valence-corrected chi connectivity index (χ0v) is 33.6. The summed E-state index contributed by atoms with van der Waals surface area (Å²) in [6.07, 6.45) is 0. The molecular weight excluding hydrogens is 751 g/mol. The highest BCUT2D eigenvalue weighted by Gasteiger charge is 2.18. The van der Waals surface area contributed by atoms with Gasteiger partial charge in [0.1, 0.15) is 0 Å². The normalized spacial score (nSPS) is 11.7. The van der Waals surface area contributed by atoms with Crippen molar-refractivity contribution in [3.05, 3.63) is 212 Å². The van der Waals surface area contributed by atoms with Gasteiger partial charge in [-0.1, -0.05) is 158 Å². The minimum absolute atomic E-state index is 1.12. The number of anilines is 3. The number of fused-ring (bicyclic) bond motifs is 9. The third-order valence-corrected chi connectivity index (χ3v) is 14.2. The summed E-state index contributed by atoms with van der Waals surface area (Å²) in [5.41, 5.74) is 10.8. The van der Waals surface area contributed by atoms with Crippen LogP contribution in [-0.2, 0) is 0 Å². The molecule has 59 heavy (non-hydrogen) atoms. The second kappa shape index (κ2) is 13.8. The quantitative estimate of drug-likeness (QED) is 0.152.